The molecule has 4 rings (SSSR count). The van der Waals surface area contributed by atoms with Gasteiger partial charge in [0.15, 0.2) is 30.7 Å². The van der Waals surface area contributed by atoms with Gasteiger partial charge in [0.2, 0.25) is 0 Å². The Balaban J connectivity index is 1.68. The van der Waals surface area contributed by atoms with Gasteiger partial charge in [-0.05, 0) is 80.2 Å². The molecule has 3 aliphatic rings. The highest BCUT2D eigenvalue weighted by atomic mass is 28.4. The van der Waals surface area contributed by atoms with Gasteiger partial charge >= 0.3 is 0 Å². The van der Waals surface area contributed by atoms with Gasteiger partial charge in [0, 0.05) is 19.3 Å². The molecule has 50 heavy (non-hydrogen) atoms. The quantitative estimate of drug-likeness (QED) is 0.186. The van der Waals surface area contributed by atoms with Crippen molar-refractivity contribution in [3.63, 3.8) is 0 Å². The molecular formula is C40H74O7Si3. The van der Waals surface area contributed by atoms with E-state index in [1.54, 1.807) is 0 Å². The van der Waals surface area contributed by atoms with Crippen LogP contribution in [-0.4, -0.2) is 79.6 Å². The minimum absolute atomic E-state index is 0.0391. The van der Waals surface area contributed by atoms with Crippen molar-refractivity contribution in [3.05, 3.63) is 35.9 Å². The van der Waals surface area contributed by atoms with E-state index in [4.69, 9.17) is 32.2 Å². The zero-order chi connectivity index (χ0) is 37.8. The molecule has 0 amide bonds. The largest absolute Gasteiger partial charge is 0.414 e. The third-order valence-corrected chi connectivity index (χ3v) is 26.7. The van der Waals surface area contributed by atoms with Crippen molar-refractivity contribution in [2.24, 2.45) is 0 Å². The van der Waals surface area contributed by atoms with Crippen molar-refractivity contribution < 1.29 is 32.2 Å². The van der Waals surface area contributed by atoms with E-state index in [9.17, 15) is 0 Å². The van der Waals surface area contributed by atoms with Gasteiger partial charge in [0.1, 0.15) is 12.7 Å². The summed E-state index contributed by atoms with van der Waals surface area (Å²) >= 11 is 0. The van der Waals surface area contributed by atoms with Gasteiger partial charge in [-0.3, -0.25) is 0 Å². The van der Waals surface area contributed by atoms with Gasteiger partial charge in [-0.15, -0.1) is 0 Å². The van der Waals surface area contributed by atoms with Crippen LogP contribution in [-0.2, 0) is 38.8 Å². The maximum atomic E-state index is 7.43. The molecule has 7 nitrogen and oxygen atoms in total. The second-order valence-corrected chi connectivity index (χ2v) is 35.1. The Morgan fingerprint density at radius 3 is 1.90 bits per heavy atom. The van der Waals surface area contributed by atoms with Gasteiger partial charge in [-0.2, -0.15) is 0 Å². The van der Waals surface area contributed by atoms with Crippen LogP contribution in [0.5, 0.6) is 0 Å². The zero-order valence-corrected chi connectivity index (χ0v) is 38.0. The van der Waals surface area contributed by atoms with Crippen molar-refractivity contribution in [3.8, 4) is 0 Å². The molecule has 0 radical (unpaired) electrons. The molecule has 3 saturated heterocycles. The molecule has 1 aromatic rings. The second-order valence-electron chi connectivity index (χ2n) is 20.8. The number of rotatable bonds is 13. The average molecular weight is 751 g/mol. The van der Waals surface area contributed by atoms with Crippen LogP contribution in [0.2, 0.25) is 54.4 Å². The van der Waals surface area contributed by atoms with E-state index in [0.29, 0.717) is 19.8 Å². The first kappa shape index (κ1) is 42.3. The molecule has 2 bridgehead atoms. The van der Waals surface area contributed by atoms with Crippen LogP contribution >= 0.6 is 0 Å². The number of ether oxygens (including phenoxy) is 4. The van der Waals surface area contributed by atoms with Gasteiger partial charge in [-0.25, -0.2) is 0 Å². The van der Waals surface area contributed by atoms with E-state index in [1.165, 1.54) is 0 Å². The smallest absolute Gasteiger partial charge is 0.192 e. The van der Waals surface area contributed by atoms with E-state index < -0.39 is 36.3 Å². The van der Waals surface area contributed by atoms with E-state index in [1.807, 2.05) is 18.2 Å². The summed E-state index contributed by atoms with van der Waals surface area (Å²) < 4.78 is 49.2. The third-order valence-electron chi connectivity index (χ3n) is 13.2. The molecule has 7 atom stereocenters. The van der Waals surface area contributed by atoms with Gasteiger partial charge in [0.05, 0.1) is 42.7 Å². The highest BCUT2D eigenvalue weighted by Gasteiger charge is 2.61. The summed E-state index contributed by atoms with van der Waals surface area (Å²) in [7, 11) is -6.46. The van der Waals surface area contributed by atoms with Crippen molar-refractivity contribution in [1.29, 1.82) is 0 Å². The van der Waals surface area contributed by atoms with Gasteiger partial charge in [0.25, 0.3) is 0 Å². The number of hydrogen-bond donors (Lipinski definition) is 0. The predicted octanol–water partition coefficient (Wildman–Crippen LogP) is 10.6. The second kappa shape index (κ2) is 14.3. The first-order valence-electron chi connectivity index (χ1n) is 19.2. The molecule has 10 heteroatoms. The lowest BCUT2D eigenvalue weighted by molar-refractivity contribution is -0.343. The summed E-state index contributed by atoms with van der Waals surface area (Å²) in [5.74, 6) is -0.807. The monoisotopic (exact) mass is 750 g/mol. The minimum atomic E-state index is -2.21. The lowest BCUT2D eigenvalue weighted by Crippen LogP contribution is -2.57. The van der Waals surface area contributed by atoms with Crippen molar-refractivity contribution >= 4 is 25.0 Å². The van der Waals surface area contributed by atoms with Gasteiger partial charge < -0.3 is 32.2 Å². The molecule has 0 spiro atoms. The van der Waals surface area contributed by atoms with E-state index >= 15 is 0 Å². The van der Waals surface area contributed by atoms with E-state index in [0.717, 1.165) is 31.2 Å². The Bertz CT molecular complexity index is 1280. The minimum Gasteiger partial charge on any atom is -0.414 e. The Kier molecular flexibility index (Phi) is 12.1. The average Bonchev–Trinajstić information content (AvgIpc) is 3.41. The van der Waals surface area contributed by atoms with Crippen LogP contribution in [0.25, 0.3) is 0 Å². The molecule has 3 heterocycles. The summed E-state index contributed by atoms with van der Waals surface area (Å²) in [5, 5.41) is 0.175. The standard InChI is InChI=1S/C40H74O7Si3/c1-35(2,3)48(12,13)42-28-33(46-50(16,17)37(7,8)9)39(11)26-32(45-49(14,15)36(4,5)6)34(44-39)31-25-38(10)23-24-40(43-31,47-38)29-41-27-30-21-19-18-20-22-30/h18-22,31-34H,23-29H2,1-17H3/t31-,32-,33+,34-,38+,39-,40+/m1/s1. The molecule has 1 aromatic carbocycles. The van der Waals surface area contributed by atoms with Crippen LogP contribution in [0.4, 0.5) is 0 Å². The van der Waals surface area contributed by atoms with Crippen LogP contribution in [0.1, 0.15) is 107 Å². The van der Waals surface area contributed by atoms with Crippen molar-refractivity contribution in [2.45, 2.75) is 204 Å². The Morgan fingerprint density at radius 2 is 1.34 bits per heavy atom. The highest BCUT2D eigenvalue weighted by Crippen LogP contribution is 2.52. The first-order valence-corrected chi connectivity index (χ1v) is 27.9. The lowest BCUT2D eigenvalue weighted by Gasteiger charge is -2.47. The normalized spacial score (nSPS) is 32.1. The molecule has 0 aromatic heterocycles. The summed E-state index contributed by atoms with van der Waals surface area (Å²) in [5.41, 5.74) is 0.196. The van der Waals surface area contributed by atoms with Crippen LogP contribution < -0.4 is 0 Å². The molecule has 3 aliphatic heterocycles. The van der Waals surface area contributed by atoms with Gasteiger partial charge in [-0.1, -0.05) is 92.6 Å². The van der Waals surface area contributed by atoms with E-state index in [2.05, 4.69) is 128 Å². The van der Waals surface area contributed by atoms with E-state index in [-0.39, 0.29) is 45.1 Å². The summed E-state index contributed by atoms with van der Waals surface area (Å²) in [4.78, 5) is 0. The molecular weight excluding hydrogens is 677 g/mol. The highest BCUT2D eigenvalue weighted by molar-refractivity contribution is 6.75. The Morgan fingerprint density at radius 1 is 0.760 bits per heavy atom. The van der Waals surface area contributed by atoms with Crippen molar-refractivity contribution in [1.82, 2.24) is 0 Å². The fourth-order valence-electron chi connectivity index (χ4n) is 6.70. The summed E-state index contributed by atoms with van der Waals surface area (Å²) in [6.45, 7) is 40.6. The lowest BCUT2D eigenvalue weighted by atomic mass is 9.90. The molecule has 0 unspecified atom stereocenters. The third kappa shape index (κ3) is 9.44. The summed E-state index contributed by atoms with van der Waals surface area (Å²) in [6, 6.07) is 10.3. The Labute approximate surface area is 309 Å². The maximum Gasteiger partial charge on any atom is 0.192 e. The topological polar surface area (TPSA) is 64.6 Å². The van der Waals surface area contributed by atoms with Crippen LogP contribution in [0, 0.1) is 0 Å². The molecule has 3 fully saturated rings. The zero-order valence-electron chi connectivity index (χ0n) is 35.0. The van der Waals surface area contributed by atoms with Crippen molar-refractivity contribution in [2.75, 3.05) is 13.2 Å². The SMILES string of the molecule is CC(C)(C)[Si](C)(C)OC[C@H](O[Si](C)(C)C(C)(C)C)[C@@]1(C)C[C@@H](O[Si](C)(C)C(C)(C)C)[C@@H]([C@H]2C[C@]3(C)CC[C@](COCc4ccccc4)(O2)O3)O1. The molecule has 0 aliphatic carbocycles. The number of hydrogen-bond acceptors (Lipinski definition) is 7. The van der Waals surface area contributed by atoms with Crippen LogP contribution in [0.15, 0.2) is 30.3 Å². The molecule has 0 N–H and O–H groups in total. The fourth-order valence-corrected chi connectivity index (χ4v) is 10.4. The first-order chi connectivity index (χ1) is 22.5. The number of fused-ring (bicyclic) bond motifs is 2. The predicted molar refractivity (Wildman–Crippen MR) is 212 cm³/mol. The maximum absolute atomic E-state index is 7.43. The summed E-state index contributed by atoms with van der Waals surface area (Å²) in [6.07, 6.45) is 2.32. The number of benzene rings is 1. The Hall–Kier alpha value is -0.409. The fraction of sp³-hybridized carbons (Fsp3) is 0.850. The van der Waals surface area contributed by atoms with Crippen LogP contribution in [0.3, 0.4) is 0 Å². The molecule has 288 valence electrons. The molecule has 0 saturated carbocycles.